The molecule has 0 fully saturated rings. The smallest absolute Gasteiger partial charge is 0.227 e. The summed E-state index contributed by atoms with van der Waals surface area (Å²) in [6.07, 6.45) is 1.50. The van der Waals surface area contributed by atoms with Gasteiger partial charge in [-0.05, 0) is 36.1 Å². The van der Waals surface area contributed by atoms with Crippen LogP contribution in [0.1, 0.15) is 25.8 Å². The average Bonchev–Trinajstić information content (AvgIpc) is 2.22. The highest BCUT2D eigenvalue weighted by molar-refractivity contribution is 9.10. The first kappa shape index (κ1) is 11.6. The van der Waals surface area contributed by atoms with E-state index in [4.69, 9.17) is 0 Å². The van der Waals surface area contributed by atoms with Gasteiger partial charge in [0.05, 0.1) is 0 Å². The summed E-state index contributed by atoms with van der Waals surface area (Å²) in [5, 5.41) is 0. The van der Waals surface area contributed by atoms with Gasteiger partial charge in [-0.25, -0.2) is 0 Å². The number of aryl methyl sites for hydroxylation is 1. The Hall–Kier alpha value is -0.830. The molecule has 0 saturated carbocycles. The van der Waals surface area contributed by atoms with Crippen molar-refractivity contribution in [2.45, 2.75) is 26.7 Å². The summed E-state index contributed by atoms with van der Waals surface area (Å²) in [6, 6.07) is 6.17. The minimum atomic E-state index is 0.253. The van der Waals surface area contributed by atoms with Gasteiger partial charge in [-0.15, -0.1) is 0 Å². The van der Waals surface area contributed by atoms with Crippen molar-refractivity contribution >= 4 is 27.5 Å². The molecule has 0 bridgehead atoms. The molecule has 3 heteroatoms. The molecular formula is C13H16BrNO. The van der Waals surface area contributed by atoms with Crippen LogP contribution in [0.25, 0.3) is 0 Å². The Morgan fingerprint density at radius 1 is 1.38 bits per heavy atom. The second-order valence-corrected chi connectivity index (χ2v) is 5.59. The van der Waals surface area contributed by atoms with E-state index in [1.54, 1.807) is 0 Å². The third-order valence-corrected chi connectivity index (χ3v) is 3.28. The van der Waals surface area contributed by atoms with Crippen molar-refractivity contribution in [3.8, 4) is 0 Å². The quantitative estimate of drug-likeness (QED) is 0.814. The van der Waals surface area contributed by atoms with Crippen LogP contribution in [0.3, 0.4) is 0 Å². The predicted octanol–water partition coefficient (Wildman–Crippen LogP) is 3.38. The first-order valence-corrected chi connectivity index (χ1v) is 6.46. The number of halogens is 1. The van der Waals surface area contributed by atoms with Crippen LogP contribution in [0.5, 0.6) is 0 Å². The van der Waals surface area contributed by atoms with Crippen LogP contribution in [0.4, 0.5) is 5.69 Å². The SMILES string of the molecule is CC(C)CN1C(=O)CCc2cc(Br)ccc21. The summed E-state index contributed by atoms with van der Waals surface area (Å²) in [7, 11) is 0. The minimum absolute atomic E-state index is 0.253. The second-order valence-electron chi connectivity index (χ2n) is 4.67. The molecule has 1 aliphatic heterocycles. The Labute approximate surface area is 105 Å². The summed E-state index contributed by atoms with van der Waals surface area (Å²) < 4.78 is 1.09. The van der Waals surface area contributed by atoms with Crippen molar-refractivity contribution in [1.82, 2.24) is 0 Å². The molecule has 0 aromatic heterocycles. The molecular weight excluding hydrogens is 266 g/mol. The van der Waals surface area contributed by atoms with Gasteiger partial charge in [0, 0.05) is 23.1 Å². The maximum atomic E-state index is 11.9. The van der Waals surface area contributed by atoms with E-state index in [9.17, 15) is 4.79 Å². The normalized spacial score (nSPS) is 15.5. The standard InChI is InChI=1S/C13H16BrNO/c1-9(2)8-15-12-5-4-11(14)7-10(12)3-6-13(15)16/h4-5,7,9H,3,6,8H2,1-2H3. The number of amides is 1. The summed E-state index contributed by atoms with van der Waals surface area (Å²) in [6.45, 7) is 5.09. The number of rotatable bonds is 2. The van der Waals surface area contributed by atoms with Crippen LogP contribution in [-0.4, -0.2) is 12.5 Å². The van der Waals surface area contributed by atoms with E-state index in [0.717, 1.165) is 23.1 Å². The van der Waals surface area contributed by atoms with Gasteiger partial charge in [0.1, 0.15) is 0 Å². The van der Waals surface area contributed by atoms with Gasteiger partial charge in [0.2, 0.25) is 5.91 Å². The van der Waals surface area contributed by atoms with Gasteiger partial charge in [-0.2, -0.15) is 0 Å². The molecule has 2 nitrogen and oxygen atoms in total. The lowest BCUT2D eigenvalue weighted by Crippen LogP contribution is -2.37. The van der Waals surface area contributed by atoms with Crippen molar-refractivity contribution < 1.29 is 4.79 Å². The molecule has 0 N–H and O–H groups in total. The lowest BCUT2D eigenvalue weighted by molar-refractivity contribution is -0.119. The van der Waals surface area contributed by atoms with Crippen molar-refractivity contribution in [3.63, 3.8) is 0 Å². The van der Waals surface area contributed by atoms with Crippen LogP contribution >= 0.6 is 15.9 Å². The van der Waals surface area contributed by atoms with E-state index >= 15 is 0 Å². The number of carbonyl (C=O) groups is 1. The molecule has 0 radical (unpaired) electrons. The first-order chi connectivity index (χ1) is 7.58. The van der Waals surface area contributed by atoms with E-state index in [1.807, 2.05) is 17.0 Å². The highest BCUT2D eigenvalue weighted by Gasteiger charge is 2.24. The molecule has 0 unspecified atom stereocenters. The molecule has 86 valence electrons. The predicted molar refractivity (Wildman–Crippen MR) is 69.7 cm³/mol. The van der Waals surface area contributed by atoms with E-state index in [-0.39, 0.29) is 5.91 Å². The van der Waals surface area contributed by atoms with Gasteiger partial charge < -0.3 is 4.90 Å². The number of benzene rings is 1. The van der Waals surface area contributed by atoms with Crippen molar-refractivity contribution in [3.05, 3.63) is 28.2 Å². The zero-order valence-corrected chi connectivity index (χ0v) is 11.3. The molecule has 0 spiro atoms. The number of anilines is 1. The van der Waals surface area contributed by atoms with Gasteiger partial charge in [0.25, 0.3) is 0 Å². The van der Waals surface area contributed by atoms with Crippen LogP contribution < -0.4 is 4.90 Å². The maximum Gasteiger partial charge on any atom is 0.227 e. The zero-order chi connectivity index (χ0) is 11.7. The number of fused-ring (bicyclic) bond motifs is 1. The fraction of sp³-hybridized carbons (Fsp3) is 0.462. The monoisotopic (exact) mass is 281 g/mol. The van der Waals surface area contributed by atoms with Crippen LogP contribution in [0.2, 0.25) is 0 Å². The molecule has 1 amide bonds. The molecule has 16 heavy (non-hydrogen) atoms. The molecule has 1 aliphatic rings. The molecule has 1 aromatic carbocycles. The summed E-state index contributed by atoms with van der Waals surface area (Å²) in [4.78, 5) is 13.8. The Bertz CT molecular complexity index is 414. The van der Waals surface area contributed by atoms with Gasteiger partial charge in [-0.1, -0.05) is 29.8 Å². The Morgan fingerprint density at radius 3 is 2.81 bits per heavy atom. The van der Waals surface area contributed by atoms with Crippen LogP contribution in [-0.2, 0) is 11.2 Å². The number of carbonyl (C=O) groups excluding carboxylic acids is 1. The second kappa shape index (κ2) is 4.58. The lowest BCUT2D eigenvalue weighted by atomic mass is 10.00. The summed E-state index contributed by atoms with van der Waals surface area (Å²) in [5.74, 6) is 0.752. The van der Waals surface area contributed by atoms with Crippen LogP contribution in [0, 0.1) is 5.92 Å². The Kier molecular flexibility index (Phi) is 3.33. The fourth-order valence-corrected chi connectivity index (χ4v) is 2.50. The molecule has 2 rings (SSSR count). The maximum absolute atomic E-state index is 11.9. The molecule has 0 saturated heterocycles. The average molecular weight is 282 g/mol. The fourth-order valence-electron chi connectivity index (χ4n) is 2.09. The molecule has 1 aromatic rings. The summed E-state index contributed by atoms with van der Waals surface area (Å²) >= 11 is 3.47. The van der Waals surface area contributed by atoms with Gasteiger partial charge in [-0.3, -0.25) is 4.79 Å². The van der Waals surface area contributed by atoms with Crippen molar-refractivity contribution in [2.24, 2.45) is 5.92 Å². The molecule has 0 aliphatic carbocycles. The Morgan fingerprint density at radius 2 is 2.12 bits per heavy atom. The van der Waals surface area contributed by atoms with E-state index in [2.05, 4.69) is 35.8 Å². The van der Waals surface area contributed by atoms with E-state index < -0.39 is 0 Å². The highest BCUT2D eigenvalue weighted by atomic mass is 79.9. The lowest BCUT2D eigenvalue weighted by Gasteiger charge is -2.30. The van der Waals surface area contributed by atoms with Gasteiger partial charge in [0.15, 0.2) is 0 Å². The van der Waals surface area contributed by atoms with E-state index in [1.165, 1.54) is 5.56 Å². The van der Waals surface area contributed by atoms with E-state index in [0.29, 0.717) is 12.3 Å². The minimum Gasteiger partial charge on any atom is -0.312 e. The highest BCUT2D eigenvalue weighted by Crippen LogP contribution is 2.30. The van der Waals surface area contributed by atoms with Gasteiger partial charge >= 0.3 is 0 Å². The first-order valence-electron chi connectivity index (χ1n) is 5.66. The Balaban J connectivity index is 2.36. The number of hydrogen-bond donors (Lipinski definition) is 0. The van der Waals surface area contributed by atoms with Crippen molar-refractivity contribution in [1.29, 1.82) is 0 Å². The zero-order valence-electron chi connectivity index (χ0n) is 9.66. The number of nitrogens with zero attached hydrogens (tertiary/aromatic N) is 1. The molecule has 0 atom stereocenters. The summed E-state index contributed by atoms with van der Waals surface area (Å²) in [5.41, 5.74) is 2.36. The third-order valence-electron chi connectivity index (χ3n) is 2.79. The third kappa shape index (κ3) is 2.29. The largest absolute Gasteiger partial charge is 0.312 e. The van der Waals surface area contributed by atoms with Crippen molar-refractivity contribution in [2.75, 3.05) is 11.4 Å². The number of hydrogen-bond acceptors (Lipinski definition) is 1. The van der Waals surface area contributed by atoms with Crippen LogP contribution in [0.15, 0.2) is 22.7 Å². The molecule has 1 heterocycles. The topological polar surface area (TPSA) is 20.3 Å².